The van der Waals surface area contributed by atoms with Gasteiger partial charge in [-0.2, -0.15) is 0 Å². The molecule has 3 nitrogen and oxygen atoms in total. The van der Waals surface area contributed by atoms with E-state index >= 15 is 0 Å². The lowest BCUT2D eigenvalue weighted by molar-refractivity contribution is -0.0405. The second-order valence-electron chi connectivity index (χ2n) is 5.64. The topological polar surface area (TPSA) is 48.1 Å². The van der Waals surface area contributed by atoms with Gasteiger partial charge in [0, 0.05) is 31.0 Å². The van der Waals surface area contributed by atoms with Crippen LogP contribution in [0.1, 0.15) is 23.5 Å². The number of rotatable bonds is 4. The average Bonchev–Trinajstić information content (AvgIpc) is 2.47. The van der Waals surface area contributed by atoms with Crippen LogP contribution in [-0.2, 0) is 11.2 Å². The second kappa shape index (κ2) is 5.35. The second-order valence-corrected chi connectivity index (χ2v) is 5.64. The van der Waals surface area contributed by atoms with E-state index in [1.165, 1.54) is 11.1 Å². The molecule has 2 aromatic rings. The molecule has 1 heterocycles. The van der Waals surface area contributed by atoms with E-state index in [4.69, 9.17) is 10.5 Å². The zero-order valence-corrected chi connectivity index (χ0v) is 11.7. The van der Waals surface area contributed by atoms with Crippen molar-refractivity contribution in [3.05, 3.63) is 66.0 Å². The Bertz CT molecular complexity index is 558. The maximum atomic E-state index is 6.67. The average molecular weight is 268 g/mol. The molecule has 3 heteroatoms. The Balaban J connectivity index is 1.85. The van der Waals surface area contributed by atoms with Crippen molar-refractivity contribution in [1.29, 1.82) is 0 Å². The monoisotopic (exact) mass is 268 g/mol. The number of nitrogens with two attached hydrogens (primary N) is 1. The number of ether oxygens (including phenoxy) is 1. The molecule has 20 heavy (non-hydrogen) atoms. The number of pyridine rings is 1. The van der Waals surface area contributed by atoms with Crippen molar-refractivity contribution < 1.29 is 4.74 Å². The Kier molecular flexibility index (Phi) is 3.55. The fourth-order valence-corrected chi connectivity index (χ4v) is 3.31. The van der Waals surface area contributed by atoms with Gasteiger partial charge in [-0.05, 0) is 30.0 Å². The third-order valence-electron chi connectivity index (χ3n) is 4.29. The van der Waals surface area contributed by atoms with Crippen molar-refractivity contribution >= 4 is 0 Å². The highest BCUT2D eigenvalue weighted by Crippen LogP contribution is 2.47. The van der Waals surface area contributed by atoms with E-state index in [2.05, 4.69) is 35.3 Å². The minimum Gasteiger partial charge on any atom is -0.381 e. The molecule has 1 fully saturated rings. The molecule has 104 valence electrons. The predicted octanol–water partition coefficient (Wildman–Crippen LogP) is 2.52. The molecule has 1 aromatic heterocycles. The maximum Gasteiger partial charge on any atom is 0.0676 e. The van der Waals surface area contributed by atoms with Crippen LogP contribution in [0.5, 0.6) is 0 Å². The van der Waals surface area contributed by atoms with Gasteiger partial charge in [0.2, 0.25) is 0 Å². The molecule has 3 rings (SSSR count). The van der Waals surface area contributed by atoms with E-state index in [0.29, 0.717) is 0 Å². The summed E-state index contributed by atoms with van der Waals surface area (Å²) in [6.07, 6.45) is 5.64. The van der Waals surface area contributed by atoms with Gasteiger partial charge in [0.25, 0.3) is 0 Å². The number of benzene rings is 1. The van der Waals surface area contributed by atoms with Crippen LogP contribution in [0.2, 0.25) is 0 Å². The third kappa shape index (κ3) is 2.35. The minimum atomic E-state index is -0.245. The zero-order valence-electron chi connectivity index (χ0n) is 11.7. The Morgan fingerprint density at radius 2 is 2.05 bits per heavy atom. The summed E-state index contributed by atoms with van der Waals surface area (Å²) in [5.74, 6) is 0.210. The highest BCUT2D eigenvalue weighted by molar-refractivity contribution is 5.32. The molecule has 0 aliphatic heterocycles. The van der Waals surface area contributed by atoms with Crippen molar-refractivity contribution in [3.63, 3.8) is 0 Å². The summed E-state index contributed by atoms with van der Waals surface area (Å²) in [7, 11) is 1.76. The van der Waals surface area contributed by atoms with Crippen molar-refractivity contribution in [2.75, 3.05) is 7.11 Å². The summed E-state index contributed by atoms with van der Waals surface area (Å²) in [6, 6.07) is 14.5. The van der Waals surface area contributed by atoms with Crippen LogP contribution < -0.4 is 5.73 Å². The first-order chi connectivity index (χ1) is 9.73. The molecule has 0 radical (unpaired) electrons. The quantitative estimate of drug-likeness (QED) is 0.927. The van der Waals surface area contributed by atoms with E-state index in [-0.39, 0.29) is 17.6 Å². The van der Waals surface area contributed by atoms with Gasteiger partial charge in [0.05, 0.1) is 6.10 Å². The smallest absolute Gasteiger partial charge is 0.0676 e. The summed E-state index contributed by atoms with van der Waals surface area (Å²) >= 11 is 0. The number of methoxy groups -OCH3 is 1. The van der Waals surface area contributed by atoms with Gasteiger partial charge in [0.1, 0.15) is 0 Å². The van der Waals surface area contributed by atoms with Crippen molar-refractivity contribution in [2.45, 2.75) is 30.4 Å². The Labute approximate surface area is 119 Å². The summed E-state index contributed by atoms with van der Waals surface area (Å²) in [4.78, 5) is 4.22. The number of nitrogens with zero attached hydrogens (tertiary/aromatic N) is 1. The van der Waals surface area contributed by atoms with Crippen LogP contribution in [0.3, 0.4) is 0 Å². The highest BCUT2D eigenvalue weighted by Gasteiger charge is 2.52. The van der Waals surface area contributed by atoms with Gasteiger partial charge in [-0.1, -0.05) is 36.4 Å². The molecule has 1 aromatic carbocycles. The van der Waals surface area contributed by atoms with Crippen molar-refractivity contribution in [1.82, 2.24) is 4.98 Å². The van der Waals surface area contributed by atoms with Gasteiger partial charge < -0.3 is 10.5 Å². The molecule has 0 bridgehead atoms. The van der Waals surface area contributed by atoms with Gasteiger partial charge in [-0.15, -0.1) is 0 Å². The molecule has 3 unspecified atom stereocenters. The first-order valence-electron chi connectivity index (χ1n) is 6.98. The molecule has 3 atom stereocenters. The molecule has 0 saturated heterocycles. The summed E-state index contributed by atoms with van der Waals surface area (Å²) in [5.41, 5.74) is 8.87. The first-order valence-corrected chi connectivity index (χ1v) is 6.98. The van der Waals surface area contributed by atoms with E-state index < -0.39 is 0 Å². The van der Waals surface area contributed by atoms with E-state index in [1.54, 1.807) is 13.3 Å². The van der Waals surface area contributed by atoms with Crippen LogP contribution in [0.4, 0.5) is 0 Å². The highest BCUT2D eigenvalue weighted by atomic mass is 16.5. The van der Waals surface area contributed by atoms with Crippen molar-refractivity contribution in [2.24, 2.45) is 5.73 Å². The summed E-state index contributed by atoms with van der Waals surface area (Å²) in [6.45, 7) is 0. The fourth-order valence-electron chi connectivity index (χ4n) is 3.31. The lowest BCUT2D eigenvalue weighted by Crippen LogP contribution is -2.63. The zero-order chi connectivity index (χ0) is 14.0. The van der Waals surface area contributed by atoms with Gasteiger partial charge >= 0.3 is 0 Å². The van der Waals surface area contributed by atoms with Crippen LogP contribution in [0.15, 0.2) is 54.9 Å². The molecule has 1 aliphatic rings. The SMILES string of the molecule is COC1CC(N)(Cc2ccccc2)C1c1cccnc1. The van der Waals surface area contributed by atoms with Crippen LogP contribution >= 0.6 is 0 Å². The number of hydrogen-bond donors (Lipinski definition) is 1. The van der Waals surface area contributed by atoms with Crippen LogP contribution in [0.25, 0.3) is 0 Å². The van der Waals surface area contributed by atoms with E-state index in [1.807, 2.05) is 18.3 Å². The van der Waals surface area contributed by atoms with E-state index in [0.717, 1.165) is 12.8 Å². The Morgan fingerprint density at radius 1 is 1.25 bits per heavy atom. The normalized spacial score (nSPS) is 28.9. The summed E-state index contributed by atoms with van der Waals surface area (Å²) in [5, 5.41) is 0. The predicted molar refractivity (Wildman–Crippen MR) is 79.5 cm³/mol. The Hall–Kier alpha value is -1.71. The van der Waals surface area contributed by atoms with Gasteiger partial charge in [0.15, 0.2) is 0 Å². The molecule has 0 amide bonds. The first kappa shape index (κ1) is 13.3. The lowest BCUT2D eigenvalue weighted by atomic mass is 9.60. The lowest BCUT2D eigenvalue weighted by Gasteiger charge is -2.52. The maximum absolute atomic E-state index is 6.67. The number of hydrogen-bond acceptors (Lipinski definition) is 3. The molecule has 1 aliphatic carbocycles. The standard InChI is InChI=1S/C17H20N2O/c1-20-15-11-17(18,10-13-6-3-2-4-7-13)16(15)14-8-5-9-19-12-14/h2-9,12,15-16H,10-11,18H2,1H3. The van der Waals surface area contributed by atoms with Gasteiger partial charge in [-0.3, -0.25) is 4.98 Å². The molecule has 1 saturated carbocycles. The van der Waals surface area contributed by atoms with Crippen LogP contribution in [-0.4, -0.2) is 23.7 Å². The summed E-state index contributed by atoms with van der Waals surface area (Å²) < 4.78 is 5.58. The molecular formula is C17H20N2O. The fraction of sp³-hybridized carbons (Fsp3) is 0.353. The van der Waals surface area contributed by atoms with E-state index in [9.17, 15) is 0 Å². The number of aromatic nitrogens is 1. The van der Waals surface area contributed by atoms with Crippen molar-refractivity contribution in [3.8, 4) is 0 Å². The molecule has 2 N–H and O–H groups in total. The van der Waals surface area contributed by atoms with Gasteiger partial charge in [-0.25, -0.2) is 0 Å². The largest absolute Gasteiger partial charge is 0.381 e. The molecule has 0 spiro atoms. The van der Waals surface area contributed by atoms with Crippen LogP contribution in [0, 0.1) is 0 Å². The Morgan fingerprint density at radius 3 is 2.70 bits per heavy atom. The molecular weight excluding hydrogens is 248 g/mol. The third-order valence-corrected chi connectivity index (χ3v) is 4.29. The minimum absolute atomic E-state index is 0.188.